The van der Waals surface area contributed by atoms with Crippen LogP contribution < -0.4 is 5.32 Å². The van der Waals surface area contributed by atoms with Gasteiger partial charge in [-0.25, -0.2) is 0 Å². The molecular formula is C18H24NO3PS. The summed E-state index contributed by atoms with van der Waals surface area (Å²) in [5.41, 5.74) is -0.285. The van der Waals surface area contributed by atoms with Crippen LogP contribution in [0.4, 0.5) is 5.69 Å². The van der Waals surface area contributed by atoms with E-state index < -0.39 is 10.8 Å². The summed E-state index contributed by atoms with van der Waals surface area (Å²) in [7, 11) is 0.379. The Bertz CT molecular complexity index is 684. The minimum atomic E-state index is -0.583. The molecule has 0 aliphatic carbocycles. The first-order valence-corrected chi connectivity index (χ1v) is 9.44. The summed E-state index contributed by atoms with van der Waals surface area (Å²) in [5, 5.41) is 2.83. The highest BCUT2D eigenvalue weighted by Gasteiger charge is 2.26. The Morgan fingerprint density at radius 1 is 1.04 bits per heavy atom. The molecule has 24 heavy (non-hydrogen) atoms. The lowest BCUT2D eigenvalue weighted by atomic mass is 9.95. The summed E-state index contributed by atoms with van der Waals surface area (Å²) < 4.78 is 0. The first-order chi connectivity index (χ1) is 10.9. The Hall–Kier alpha value is -1.45. The molecule has 6 heteroatoms. The Morgan fingerprint density at radius 3 is 2.08 bits per heavy atom. The van der Waals surface area contributed by atoms with Crippen LogP contribution in [0, 0.1) is 10.8 Å². The molecule has 1 amide bonds. The molecule has 0 aliphatic rings. The van der Waals surface area contributed by atoms with Crippen molar-refractivity contribution in [3.05, 3.63) is 23.8 Å². The van der Waals surface area contributed by atoms with Crippen LogP contribution in [0.5, 0.6) is 0 Å². The Balaban J connectivity index is 3.27. The summed E-state index contributed by atoms with van der Waals surface area (Å²) in [6.07, 6.45) is 3.57. The van der Waals surface area contributed by atoms with Gasteiger partial charge in [-0.05, 0) is 38.2 Å². The van der Waals surface area contributed by atoms with E-state index in [-0.39, 0.29) is 16.5 Å². The van der Waals surface area contributed by atoms with Crippen LogP contribution in [0.1, 0.15) is 51.9 Å². The van der Waals surface area contributed by atoms with Gasteiger partial charge in [0.15, 0.2) is 5.12 Å². The monoisotopic (exact) mass is 365 g/mol. The Labute approximate surface area is 149 Å². The third-order valence-electron chi connectivity index (χ3n) is 3.11. The number of thioether (sulfide) groups is 1. The number of carbonyl (C=O) groups excluding carboxylic acids is 3. The van der Waals surface area contributed by atoms with Gasteiger partial charge in [0.05, 0.1) is 5.69 Å². The van der Waals surface area contributed by atoms with Gasteiger partial charge in [0.2, 0.25) is 11.4 Å². The molecule has 0 aliphatic heterocycles. The van der Waals surface area contributed by atoms with Crippen LogP contribution in [-0.4, -0.2) is 22.8 Å². The molecule has 0 saturated heterocycles. The van der Waals surface area contributed by atoms with Crippen molar-refractivity contribution in [2.75, 3.05) is 5.32 Å². The lowest BCUT2D eigenvalue weighted by Crippen LogP contribution is -2.28. The molecule has 1 N–H and O–H groups in total. The van der Waals surface area contributed by atoms with Gasteiger partial charge in [-0.1, -0.05) is 47.8 Å². The highest BCUT2D eigenvalue weighted by atomic mass is 32.2. The zero-order valence-electron chi connectivity index (χ0n) is 15.0. The summed E-state index contributed by atoms with van der Waals surface area (Å²) >= 11 is 1.07. The summed E-state index contributed by atoms with van der Waals surface area (Å²) in [6.45, 7) is 10.9. The maximum absolute atomic E-state index is 12.3. The smallest absolute Gasteiger partial charge is 0.229 e. The highest BCUT2D eigenvalue weighted by molar-refractivity contribution is 8.13. The highest BCUT2D eigenvalue weighted by Crippen LogP contribution is 2.35. The molecule has 0 heterocycles. The van der Waals surface area contributed by atoms with Crippen molar-refractivity contribution in [1.29, 1.82) is 0 Å². The van der Waals surface area contributed by atoms with Crippen molar-refractivity contribution in [3.8, 4) is 0 Å². The van der Waals surface area contributed by atoms with Crippen molar-refractivity contribution in [2.24, 2.45) is 10.8 Å². The lowest BCUT2D eigenvalue weighted by Gasteiger charge is -2.21. The van der Waals surface area contributed by atoms with Crippen LogP contribution in [0.25, 0.3) is 0 Å². The van der Waals surface area contributed by atoms with E-state index in [1.54, 1.807) is 39.0 Å². The number of hydrogen-bond donors (Lipinski definition) is 1. The zero-order valence-corrected chi connectivity index (χ0v) is 16.7. The van der Waals surface area contributed by atoms with E-state index in [4.69, 9.17) is 0 Å². The maximum Gasteiger partial charge on any atom is 0.229 e. The first-order valence-electron chi connectivity index (χ1n) is 7.55. The fraction of sp³-hybridized carbons (Fsp3) is 0.444. The Morgan fingerprint density at radius 2 is 1.62 bits per heavy atom. The summed E-state index contributed by atoms with van der Waals surface area (Å²) in [6, 6.07) is 4.97. The van der Waals surface area contributed by atoms with Crippen LogP contribution in [-0.2, 0) is 9.59 Å². The molecule has 130 valence electrons. The quantitative estimate of drug-likeness (QED) is 0.612. The molecule has 0 fully saturated rings. The minimum absolute atomic E-state index is 0.0110. The molecule has 1 aromatic rings. The number of nitrogens with one attached hydrogen (secondary N) is 1. The predicted octanol–water partition coefficient (Wildman–Crippen LogP) is 4.85. The second-order valence-electron chi connectivity index (χ2n) is 7.52. The van der Waals surface area contributed by atoms with Crippen LogP contribution in [0.2, 0.25) is 0 Å². The SMILES string of the molecule is C=PC(=O)c1ccc(SC(=O)C(C)(C)C)c(NC(=O)C(C)(C)C)c1. The second kappa shape index (κ2) is 7.62. The number of rotatable bonds is 4. The van der Waals surface area contributed by atoms with Crippen molar-refractivity contribution < 1.29 is 14.4 Å². The maximum atomic E-state index is 12.3. The molecule has 0 radical (unpaired) electrons. The molecular weight excluding hydrogens is 341 g/mol. The lowest BCUT2D eigenvalue weighted by molar-refractivity contribution is -0.123. The van der Waals surface area contributed by atoms with Crippen LogP contribution in [0.3, 0.4) is 0 Å². The van der Waals surface area contributed by atoms with Gasteiger partial charge < -0.3 is 5.32 Å². The topological polar surface area (TPSA) is 63.2 Å². The number of carbonyl (C=O) groups is 3. The number of amides is 1. The van der Waals surface area contributed by atoms with Gasteiger partial charge in [-0.2, -0.15) is 0 Å². The van der Waals surface area contributed by atoms with Crippen molar-refractivity contribution in [3.63, 3.8) is 0 Å². The standard InChI is InChI=1S/C18H24NO3PS/c1-17(2,3)15(21)19-12-10-11(14(20)23-7)8-9-13(12)24-16(22)18(4,5)6/h8-10H,7H2,1-6H3,(H,19,21). The van der Waals surface area contributed by atoms with Crippen LogP contribution >= 0.6 is 20.0 Å². The number of anilines is 1. The summed E-state index contributed by atoms with van der Waals surface area (Å²) in [4.78, 5) is 37.1. The van der Waals surface area contributed by atoms with Crippen LogP contribution in [0.15, 0.2) is 23.1 Å². The van der Waals surface area contributed by atoms with E-state index in [9.17, 15) is 14.4 Å². The average molecular weight is 365 g/mol. The largest absolute Gasteiger partial charge is 0.325 e. The number of benzene rings is 1. The van der Waals surface area contributed by atoms with E-state index in [1.807, 2.05) is 20.8 Å². The third-order valence-corrected chi connectivity index (χ3v) is 5.03. The molecule has 4 nitrogen and oxygen atoms in total. The van der Waals surface area contributed by atoms with E-state index in [1.165, 1.54) is 0 Å². The van der Waals surface area contributed by atoms with E-state index in [0.29, 0.717) is 24.4 Å². The van der Waals surface area contributed by atoms with Gasteiger partial charge in [-0.15, -0.1) is 0 Å². The van der Waals surface area contributed by atoms with E-state index >= 15 is 0 Å². The Kier molecular flexibility index (Phi) is 6.54. The minimum Gasteiger partial charge on any atom is -0.325 e. The summed E-state index contributed by atoms with van der Waals surface area (Å²) in [5.74, 6) is -0.177. The molecule has 1 rings (SSSR count). The van der Waals surface area contributed by atoms with E-state index in [0.717, 1.165) is 11.8 Å². The predicted molar refractivity (Wildman–Crippen MR) is 103 cm³/mol. The first kappa shape index (κ1) is 20.6. The molecule has 0 aromatic heterocycles. The second-order valence-corrected chi connectivity index (χ2v) is 9.25. The van der Waals surface area contributed by atoms with Gasteiger partial charge >= 0.3 is 0 Å². The molecule has 0 unspecified atom stereocenters. The molecule has 0 atom stereocenters. The van der Waals surface area contributed by atoms with Gasteiger partial charge in [0.25, 0.3) is 0 Å². The molecule has 0 bridgehead atoms. The fourth-order valence-electron chi connectivity index (χ4n) is 1.50. The fourth-order valence-corrected chi connectivity index (χ4v) is 2.69. The number of hydrogen-bond acceptors (Lipinski definition) is 4. The molecule has 0 saturated carbocycles. The average Bonchev–Trinajstić information content (AvgIpc) is 2.45. The zero-order chi connectivity index (χ0) is 18.7. The van der Waals surface area contributed by atoms with Crippen molar-refractivity contribution >= 4 is 48.5 Å². The van der Waals surface area contributed by atoms with E-state index in [2.05, 4.69) is 11.6 Å². The molecule has 0 spiro atoms. The third kappa shape index (κ3) is 5.57. The normalized spacial score (nSPS) is 12.1. The van der Waals surface area contributed by atoms with Gasteiger partial charge in [0.1, 0.15) is 0 Å². The van der Waals surface area contributed by atoms with Crippen molar-refractivity contribution in [2.45, 2.75) is 46.4 Å². The van der Waals surface area contributed by atoms with Gasteiger partial charge in [-0.3, -0.25) is 14.4 Å². The van der Waals surface area contributed by atoms with Crippen molar-refractivity contribution in [1.82, 2.24) is 0 Å². The molecule has 1 aromatic carbocycles. The van der Waals surface area contributed by atoms with Gasteiger partial charge in [0, 0.05) is 21.3 Å².